The van der Waals surface area contributed by atoms with Crippen LogP contribution in [0.5, 0.6) is 5.75 Å². The highest BCUT2D eigenvalue weighted by Gasteiger charge is 2.12. The van der Waals surface area contributed by atoms with Crippen LogP contribution in [0.2, 0.25) is 0 Å². The van der Waals surface area contributed by atoms with E-state index in [1.54, 1.807) is 6.07 Å². The summed E-state index contributed by atoms with van der Waals surface area (Å²) in [5, 5.41) is 10.0. The molecule has 4 aromatic rings. The zero-order valence-corrected chi connectivity index (χ0v) is 13.7. The van der Waals surface area contributed by atoms with Crippen molar-refractivity contribution in [3.05, 3.63) is 71.8 Å². The molecule has 2 aromatic carbocycles. The lowest BCUT2D eigenvalue weighted by atomic mass is 10.2. The van der Waals surface area contributed by atoms with Crippen LogP contribution in [0.3, 0.4) is 0 Å². The molecular weight excluding hydrogens is 318 g/mol. The van der Waals surface area contributed by atoms with Crippen molar-refractivity contribution >= 4 is 11.0 Å². The van der Waals surface area contributed by atoms with Crippen molar-refractivity contribution in [1.29, 1.82) is 0 Å². The number of rotatable bonds is 5. The van der Waals surface area contributed by atoms with Crippen molar-refractivity contribution in [2.75, 3.05) is 0 Å². The molecule has 0 spiro atoms. The highest BCUT2D eigenvalue weighted by atomic mass is 16.5. The van der Waals surface area contributed by atoms with Gasteiger partial charge in [-0.3, -0.25) is 0 Å². The summed E-state index contributed by atoms with van der Waals surface area (Å²) in [6.07, 6.45) is 0. The van der Waals surface area contributed by atoms with Crippen LogP contribution in [0.1, 0.15) is 17.2 Å². The topological polar surface area (TPSA) is 68.6 Å². The molecule has 0 bridgehead atoms. The fourth-order valence-corrected chi connectivity index (χ4v) is 2.66. The van der Waals surface area contributed by atoms with E-state index in [1.807, 2.05) is 55.5 Å². The van der Waals surface area contributed by atoms with Gasteiger partial charge in [-0.25, -0.2) is 4.98 Å². The Morgan fingerprint density at radius 2 is 1.88 bits per heavy atom. The van der Waals surface area contributed by atoms with Crippen molar-refractivity contribution in [3.63, 3.8) is 0 Å². The molecule has 0 saturated heterocycles. The maximum absolute atomic E-state index is 9.14. The third-order valence-corrected chi connectivity index (χ3v) is 3.98. The van der Waals surface area contributed by atoms with Crippen molar-refractivity contribution in [2.24, 2.45) is 0 Å². The normalized spacial score (nSPS) is 11.1. The first-order valence-corrected chi connectivity index (χ1v) is 8.01. The smallest absolute Gasteiger partial charge is 0.226 e. The molecule has 126 valence electrons. The molecular formula is C20H17NO4. The molecule has 1 N–H and O–H groups in total. The highest BCUT2D eigenvalue weighted by molar-refractivity contribution is 5.79. The van der Waals surface area contributed by atoms with E-state index in [0.29, 0.717) is 24.0 Å². The Morgan fingerprint density at radius 1 is 1.04 bits per heavy atom. The number of nitrogens with zero attached hydrogens (tertiary/aromatic N) is 1. The van der Waals surface area contributed by atoms with Gasteiger partial charge in [0.15, 0.2) is 0 Å². The van der Waals surface area contributed by atoms with E-state index in [-0.39, 0.29) is 6.61 Å². The number of furan rings is 1. The number of aliphatic hydroxyl groups excluding tert-OH is 1. The molecule has 0 atom stereocenters. The number of hydrogen-bond acceptors (Lipinski definition) is 5. The molecule has 4 rings (SSSR count). The highest BCUT2D eigenvalue weighted by Crippen LogP contribution is 2.26. The van der Waals surface area contributed by atoms with Crippen LogP contribution < -0.4 is 4.74 Å². The second-order valence-corrected chi connectivity index (χ2v) is 5.75. The molecule has 0 radical (unpaired) electrons. The number of oxazole rings is 1. The predicted octanol–water partition coefficient (Wildman–Crippen LogP) is 4.47. The van der Waals surface area contributed by atoms with E-state index >= 15 is 0 Å². The summed E-state index contributed by atoms with van der Waals surface area (Å²) in [6.45, 7) is 2.08. The van der Waals surface area contributed by atoms with Gasteiger partial charge in [0.1, 0.15) is 41.8 Å². The van der Waals surface area contributed by atoms with E-state index in [1.165, 1.54) is 0 Å². The second kappa shape index (κ2) is 6.45. The lowest BCUT2D eigenvalue weighted by Gasteiger charge is -2.04. The summed E-state index contributed by atoms with van der Waals surface area (Å²) >= 11 is 0. The van der Waals surface area contributed by atoms with Crippen LogP contribution >= 0.6 is 0 Å². The molecule has 0 amide bonds. The van der Waals surface area contributed by atoms with E-state index in [9.17, 15) is 0 Å². The first kappa shape index (κ1) is 15.5. The molecule has 0 unspecified atom stereocenters. The van der Waals surface area contributed by atoms with Crippen molar-refractivity contribution in [1.82, 2.24) is 4.98 Å². The number of aromatic nitrogens is 1. The van der Waals surface area contributed by atoms with Gasteiger partial charge in [-0.05, 0) is 43.3 Å². The first-order chi connectivity index (χ1) is 12.2. The maximum atomic E-state index is 9.14. The Hall–Kier alpha value is -3.05. The number of fused-ring (bicyclic) bond motifs is 1. The summed E-state index contributed by atoms with van der Waals surface area (Å²) < 4.78 is 17.1. The Bertz CT molecular complexity index is 1000. The monoisotopic (exact) mass is 335 g/mol. The maximum Gasteiger partial charge on any atom is 0.226 e. The van der Waals surface area contributed by atoms with Gasteiger partial charge < -0.3 is 18.7 Å². The van der Waals surface area contributed by atoms with Gasteiger partial charge in [0.25, 0.3) is 0 Å². The average Bonchev–Trinajstić information content (AvgIpc) is 3.23. The zero-order valence-electron chi connectivity index (χ0n) is 13.7. The molecule has 0 fully saturated rings. The Morgan fingerprint density at radius 3 is 2.68 bits per heavy atom. The third-order valence-electron chi connectivity index (χ3n) is 3.98. The quantitative estimate of drug-likeness (QED) is 0.583. The molecule has 0 aliphatic carbocycles. The Labute approximate surface area is 144 Å². The zero-order chi connectivity index (χ0) is 17.2. The fraction of sp³-hybridized carbons (Fsp3) is 0.150. The molecule has 0 aliphatic rings. The largest absolute Gasteiger partial charge is 0.487 e. The Balaban J connectivity index is 1.52. The van der Waals surface area contributed by atoms with Crippen molar-refractivity contribution in [2.45, 2.75) is 20.1 Å². The number of ether oxygens (including phenoxy) is 1. The summed E-state index contributed by atoms with van der Waals surface area (Å²) in [4.78, 5) is 4.53. The molecule has 0 aliphatic heterocycles. The van der Waals surface area contributed by atoms with Crippen LogP contribution in [-0.4, -0.2) is 10.1 Å². The van der Waals surface area contributed by atoms with Gasteiger partial charge in [0.05, 0.1) is 0 Å². The standard InChI is InChI=1S/C20H17NO4/c1-13-18(21-20(24-13)14-5-3-2-4-6-14)12-23-16-7-8-19-15(9-16)10-17(11-22)25-19/h2-10,22H,11-12H2,1H3. The number of aryl methyl sites for hydroxylation is 1. The molecule has 2 heterocycles. The molecule has 2 aromatic heterocycles. The fourth-order valence-electron chi connectivity index (χ4n) is 2.66. The third kappa shape index (κ3) is 3.14. The van der Waals surface area contributed by atoms with Crippen molar-refractivity contribution < 1.29 is 18.7 Å². The average molecular weight is 335 g/mol. The van der Waals surface area contributed by atoms with Crippen molar-refractivity contribution in [3.8, 4) is 17.2 Å². The van der Waals surface area contributed by atoms with Gasteiger partial charge in [0.2, 0.25) is 5.89 Å². The van der Waals surface area contributed by atoms with E-state index < -0.39 is 0 Å². The minimum Gasteiger partial charge on any atom is -0.487 e. The number of aliphatic hydroxyl groups is 1. The van der Waals surface area contributed by atoms with Crippen LogP contribution in [0.4, 0.5) is 0 Å². The van der Waals surface area contributed by atoms with Gasteiger partial charge in [-0.15, -0.1) is 0 Å². The number of benzene rings is 2. The van der Waals surface area contributed by atoms with Crippen LogP contribution in [0.15, 0.2) is 63.4 Å². The molecule has 0 saturated carbocycles. The Kier molecular flexibility index (Phi) is 3.99. The lowest BCUT2D eigenvalue weighted by molar-refractivity contribution is 0.251. The summed E-state index contributed by atoms with van der Waals surface area (Å²) in [7, 11) is 0. The van der Waals surface area contributed by atoms with Gasteiger partial charge in [-0.2, -0.15) is 0 Å². The summed E-state index contributed by atoms with van der Waals surface area (Å²) in [5.41, 5.74) is 2.43. The minimum absolute atomic E-state index is 0.120. The molecule has 5 nitrogen and oxygen atoms in total. The molecule has 5 heteroatoms. The van der Waals surface area contributed by atoms with E-state index in [4.69, 9.17) is 18.7 Å². The minimum atomic E-state index is -0.120. The predicted molar refractivity (Wildman–Crippen MR) is 93.1 cm³/mol. The first-order valence-electron chi connectivity index (χ1n) is 8.01. The van der Waals surface area contributed by atoms with Gasteiger partial charge in [-0.1, -0.05) is 18.2 Å². The number of hydrogen-bond donors (Lipinski definition) is 1. The lowest BCUT2D eigenvalue weighted by Crippen LogP contribution is -1.97. The summed E-state index contributed by atoms with van der Waals surface area (Å²) in [5.74, 6) is 2.58. The SMILES string of the molecule is Cc1oc(-c2ccccc2)nc1COc1ccc2oc(CO)cc2c1. The van der Waals surface area contributed by atoms with Crippen LogP contribution in [-0.2, 0) is 13.2 Å². The van der Waals surface area contributed by atoms with Gasteiger partial charge >= 0.3 is 0 Å². The summed E-state index contributed by atoms with van der Waals surface area (Å²) in [6, 6.07) is 17.1. The molecule has 25 heavy (non-hydrogen) atoms. The van der Waals surface area contributed by atoms with Crippen LogP contribution in [0, 0.1) is 6.92 Å². The van der Waals surface area contributed by atoms with E-state index in [2.05, 4.69) is 4.98 Å². The van der Waals surface area contributed by atoms with Gasteiger partial charge in [0, 0.05) is 10.9 Å². The second-order valence-electron chi connectivity index (χ2n) is 5.75. The van der Waals surface area contributed by atoms with E-state index in [0.717, 1.165) is 28.0 Å². The van der Waals surface area contributed by atoms with Crippen LogP contribution in [0.25, 0.3) is 22.4 Å².